The molecular formula is C17H13BrF4N2O3. The normalized spacial score (nSPS) is 19.5. The zero-order chi connectivity index (χ0) is 19.8. The number of rotatable bonds is 4. The second kappa shape index (κ2) is 7.35. The third kappa shape index (κ3) is 3.86. The van der Waals surface area contributed by atoms with Crippen LogP contribution in [0.4, 0.5) is 17.6 Å². The molecule has 0 aromatic heterocycles. The average Bonchev–Trinajstić information content (AvgIpc) is 2.99. The molecule has 1 saturated heterocycles. The fourth-order valence-corrected chi connectivity index (χ4v) is 3.05. The maximum absolute atomic E-state index is 13.1. The molecule has 1 aliphatic rings. The Hall–Kier alpha value is -2.33. The molecule has 1 fully saturated rings. The number of benzene rings is 2. The fraction of sp³-hybridized carbons (Fsp3) is 0.235. The molecule has 10 heteroatoms. The number of hydrogen-bond donors (Lipinski definition) is 2. The van der Waals surface area contributed by atoms with Gasteiger partial charge in [0.1, 0.15) is 11.4 Å². The summed E-state index contributed by atoms with van der Waals surface area (Å²) in [5, 5.41) is 11.8. The molecule has 2 N–H and O–H groups in total. The van der Waals surface area contributed by atoms with Gasteiger partial charge in [0.2, 0.25) is 5.72 Å². The van der Waals surface area contributed by atoms with Crippen molar-refractivity contribution in [2.45, 2.75) is 18.6 Å². The Morgan fingerprint density at radius 1 is 1.26 bits per heavy atom. The van der Waals surface area contributed by atoms with Crippen LogP contribution in [0.3, 0.4) is 0 Å². The predicted molar refractivity (Wildman–Crippen MR) is 91.9 cm³/mol. The van der Waals surface area contributed by atoms with Gasteiger partial charge in [-0.15, -0.1) is 0 Å². The van der Waals surface area contributed by atoms with Crippen LogP contribution in [-0.4, -0.2) is 34.8 Å². The average molecular weight is 449 g/mol. The maximum Gasteiger partial charge on any atom is 0.291 e. The molecule has 0 saturated carbocycles. The van der Waals surface area contributed by atoms with Gasteiger partial charge in [-0.25, -0.2) is 13.8 Å². The SMILES string of the molecule is O=C(COc1ccc2cc(Br)ccc2c1)N1NC(=C(F)F)CC1(O)C(F)F. The smallest absolute Gasteiger partial charge is 0.291 e. The minimum absolute atomic E-state index is 0.0876. The number of halogens is 5. The summed E-state index contributed by atoms with van der Waals surface area (Å²) in [6.45, 7) is -0.731. The molecule has 144 valence electrons. The lowest BCUT2D eigenvalue weighted by Gasteiger charge is -2.31. The highest BCUT2D eigenvalue weighted by Gasteiger charge is 2.53. The number of nitrogens with one attached hydrogen (secondary N) is 1. The van der Waals surface area contributed by atoms with Crippen molar-refractivity contribution >= 4 is 32.6 Å². The zero-order valence-electron chi connectivity index (χ0n) is 13.6. The first kappa shape index (κ1) is 19.4. The molecule has 0 spiro atoms. The van der Waals surface area contributed by atoms with E-state index in [1.165, 1.54) is 0 Å². The summed E-state index contributed by atoms with van der Waals surface area (Å²) < 4.78 is 57.9. The zero-order valence-corrected chi connectivity index (χ0v) is 15.1. The van der Waals surface area contributed by atoms with Crippen LogP contribution in [0.2, 0.25) is 0 Å². The van der Waals surface area contributed by atoms with Crippen LogP contribution >= 0.6 is 15.9 Å². The molecule has 5 nitrogen and oxygen atoms in total. The van der Waals surface area contributed by atoms with Crippen LogP contribution in [0.15, 0.2) is 52.6 Å². The van der Waals surface area contributed by atoms with E-state index >= 15 is 0 Å². The molecule has 2 aromatic carbocycles. The summed E-state index contributed by atoms with van der Waals surface area (Å²) in [6, 6.07) is 10.5. The summed E-state index contributed by atoms with van der Waals surface area (Å²) in [4.78, 5) is 12.2. The van der Waals surface area contributed by atoms with Gasteiger partial charge >= 0.3 is 0 Å². The largest absolute Gasteiger partial charge is 0.484 e. The Labute approximate surface area is 159 Å². The highest BCUT2D eigenvalue weighted by molar-refractivity contribution is 9.10. The molecule has 1 aliphatic heterocycles. The van der Waals surface area contributed by atoms with E-state index in [0.29, 0.717) is 0 Å². The number of nitrogens with zero attached hydrogens (tertiary/aromatic N) is 1. The third-order valence-electron chi connectivity index (χ3n) is 4.03. The lowest BCUT2D eigenvalue weighted by Crippen LogP contribution is -2.57. The van der Waals surface area contributed by atoms with E-state index in [-0.39, 0.29) is 10.8 Å². The van der Waals surface area contributed by atoms with Crippen molar-refractivity contribution in [2.24, 2.45) is 0 Å². The fourth-order valence-electron chi connectivity index (χ4n) is 2.67. The number of carbonyl (C=O) groups is 1. The third-order valence-corrected chi connectivity index (χ3v) is 4.53. The first-order chi connectivity index (χ1) is 12.7. The summed E-state index contributed by atoms with van der Waals surface area (Å²) in [7, 11) is 0. The monoisotopic (exact) mass is 448 g/mol. The molecule has 1 amide bonds. The minimum atomic E-state index is -3.45. The summed E-state index contributed by atoms with van der Waals surface area (Å²) in [6.07, 6.45) is -6.85. The van der Waals surface area contributed by atoms with Gasteiger partial charge in [0.15, 0.2) is 6.61 Å². The van der Waals surface area contributed by atoms with E-state index in [4.69, 9.17) is 4.74 Å². The lowest BCUT2D eigenvalue weighted by molar-refractivity contribution is -0.197. The minimum Gasteiger partial charge on any atom is -0.484 e. The predicted octanol–water partition coefficient (Wildman–Crippen LogP) is 3.78. The Morgan fingerprint density at radius 2 is 1.93 bits per heavy atom. The van der Waals surface area contributed by atoms with Crippen LogP contribution in [0, 0.1) is 0 Å². The van der Waals surface area contributed by atoms with E-state index in [1.54, 1.807) is 18.2 Å². The quantitative estimate of drug-likeness (QED) is 0.698. The number of ether oxygens (including phenoxy) is 1. The topological polar surface area (TPSA) is 61.8 Å². The molecule has 0 aliphatic carbocycles. The van der Waals surface area contributed by atoms with Gasteiger partial charge in [-0.3, -0.25) is 10.2 Å². The Balaban J connectivity index is 1.75. The van der Waals surface area contributed by atoms with Gasteiger partial charge in [-0.05, 0) is 35.0 Å². The maximum atomic E-state index is 13.1. The van der Waals surface area contributed by atoms with Crippen LogP contribution < -0.4 is 10.2 Å². The molecule has 27 heavy (non-hydrogen) atoms. The van der Waals surface area contributed by atoms with Crippen molar-refractivity contribution in [3.05, 3.63) is 52.6 Å². The van der Waals surface area contributed by atoms with E-state index < -0.39 is 42.9 Å². The first-order valence-corrected chi connectivity index (χ1v) is 8.46. The molecule has 3 rings (SSSR count). The van der Waals surface area contributed by atoms with E-state index in [2.05, 4.69) is 15.9 Å². The number of hydrogen-bond acceptors (Lipinski definition) is 4. The second-order valence-corrected chi connectivity index (χ2v) is 6.79. The standard InChI is InChI=1S/C17H13BrF4N2O3/c18-11-3-1-10-6-12(4-2-9(10)5-11)27-8-14(25)24-17(26,16(21)22)7-13(23-24)15(19)20/h1-6,16,23,26H,7-8H2. The van der Waals surface area contributed by atoms with Crippen LogP contribution in [-0.2, 0) is 4.79 Å². The number of hydrazine groups is 1. The van der Waals surface area contributed by atoms with Crippen molar-refractivity contribution in [3.63, 3.8) is 0 Å². The van der Waals surface area contributed by atoms with Gasteiger partial charge in [-0.1, -0.05) is 28.1 Å². The van der Waals surface area contributed by atoms with Crippen LogP contribution in [0.5, 0.6) is 5.75 Å². The molecule has 1 atom stereocenters. The molecule has 0 radical (unpaired) electrons. The molecular weight excluding hydrogens is 436 g/mol. The second-order valence-electron chi connectivity index (χ2n) is 5.88. The summed E-state index contributed by atoms with van der Waals surface area (Å²) >= 11 is 3.35. The summed E-state index contributed by atoms with van der Waals surface area (Å²) in [5.41, 5.74) is -2.18. The van der Waals surface area contributed by atoms with E-state index in [0.717, 1.165) is 15.2 Å². The highest BCUT2D eigenvalue weighted by atomic mass is 79.9. The molecule has 2 aromatic rings. The Kier molecular flexibility index (Phi) is 5.29. The molecule has 1 unspecified atom stereocenters. The van der Waals surface area contributed by atoms with Gasteiger partial charge in [-0.2, -0.15) is 8.78 Å². The van der Waals surface area contributed by atoms with Crippen molar-refractivity contribution < 1.29 is 32.2 Å². The number of amides is 1. The van der Waals surface area contributed by atoms with Crippen molar-refractivity contribution in [1.82, 2.24) is 10.4 Å². The number of aliphatic hydroxyl groups is 1. The highest BCUT2D eigenvalue weighted by Crippen LogP contribution is 2.34. The number of fused-ring (bicyclic) bond motifs is 1. The first-order valence-electron chi connectivity index (χ1n) is 7.67. The van der Waals surface area contributed by atoms with Crippen molar-refractivity contribution in [3.8, 4) is 5.75 Å². The van der Waals surface area contributed by atoms with Gasteiger partial charge in [0.25, 0.3) is 18.4 Å². The number of alkyl halides is 2. The van der Waals surface area contributed by atoms with Gasteiger partial charge in [0, 0.05) is 4.47 Å². The molecule has 1 heterocycles. The summed E-state index contributed by atoms with van der Waals surface area (Å²) in [5.74, 6) is -0.838. The Morgan fingerprint density at radius 3 is 2.59 bits per heavy atom. The van der Waals surface area contributed by atoms with E-state index in [9.17, 15) is 27.5 Å². The Bertz CT molecular complexity index is 920. The van der Waals surface area contributed by atoms with Gasteiger partial charge < -0.3 is 9.84 Å². The number of carbonyl (C=O) groups excluding carboxylic acids is 1. The van der Waals surface area contributed by atoms with Crippen LogP contribution in [0.1, 0.15) is 6.42 Å². The van der Waals surface area contributed by atoms with Crippen LogP contribution in [0.25, 0.3) is 10.8 Å². The van der Waals surface area contributed by atoms with Crippen molar-refractivity contribution in [1.29, 1.82) is 0 Å². The van der Waals surface area contributed by atoms with Crippen molar-refractivity contribution in [2.75, 3.05) is 6.61 Å². The molecule has 0 bridgehead atoms. The van der Waals surface area contributed by atoms with E-state index in [1.807, 2.05) is 23.6 Å². The lowest BCUT2D eigenvalue weighted by atomic mass is 10.1. The van der Waals surface area contributed by atoms with Gasteiger partial charge in [0.05, 0.1) is 6.42 Å².